The van der Waals surface area contributed by atoms with Gasteiger partial charge in [0.1, 0.15) is 5.60 Å². The van der Waals surface area contributed by atoms with Gasteiger partial charge in [-0.15, -0.1) is 0 Å². The molecule has 1 heterocycles. The van der Waals surface area contributed by atoms with E-state index in [2.05, 4.69) is 38.3 Å². The number of hydrogen-bond acceptors (Lipinski definition) is 4. The molecule has 0 radical (unpaired) electrons. The van der Waals surface area contributed by atoms with Gasteiger partial charge in [0, 0.05) is 18.1 Å². The highest BCUT2D eigenvalue weighted by Gasteiger charge is 2.47. The highest BCUT2D eigenvalue weighted by atomic mass is 16.6. The molecule has 0 aromatic carbocycles. The SMILES string of the molecule is CC(C)(C)OC(=O)NC1CCCC1NC1CC(C)(C)OC1(C)C. The van der Waals surface area contributed by atoms with Gasteiger partial charge in [-0.25, -0.2) is 4.79 Å². The Bertz CT molecular complexity index is 440. The maximum atomic E-state index is 12.0. The first kappa shape index (κ1) is 18.5. The molecule has 2 rings (SSSR count). The lowest BCUT2D eigenvalue weighted by Gasteiger charge is -2.32. The lowest BCUT2D eigenvalue weighted by atomic mass is 9.93. The molecule has 0 spiro atoms. The first-order valence-corrected chi connectivity index (χ1v) is 8.84. The van der Waals surface area contributed by atoms with Crippen LogP contribution in [0.1, 0.15) is 74.1 Å². The van der Waals surface area contributed by atoms with Gasteiger partial charge in [-0.1, -0.05) is 0 Å². The number of rotatable bonds is 3. The molecule has 2 N–H and O–H groups in total. The van der Waals surface area contributed by atoms with Gasteiger partial charge < -0.3 is 20.1 Å². The first-order valence-electron chi connectivity index (χ1n) is 8.84. The van der Waals surface area contributed by atoms with E-state index >= 15 is 0 Å². The summed E-state index contributed by atoms with van der Waals surface area (Å²) in [6.45, 7) is 14.2. The fraction of sp³-hybridized carbons (Fsp3) is 0.944. The van der Waals surface area contributed by atoms with Crippen LogP contribution >= 0.6 is 0 Å². The summed E-state index contributed by atoms with van der Waals surface area (Å²) in [5.74, 6) is 0. The van der Waals surface area contributed by atoms with E-state index < -0.39 is 5.60 Å². The molecule has 1 amide bonds. The van der Waals surface area contributed by atoms with Crippen LogP contribution in [-0.2, 0) is 9.47 Å². The molecule has 2 aliphatic rings. The van der Waals surface area contributed by atoms with Crippen LogP contribution in [0, 0.1) is 0 Å². The van der Waals surface area contributed by atoms with Gasteiger partial charge >= 0.3 is 6.09 Å². The third-order valence-corrected chi connectivity index (χ3v) is 4.71. The Hall–Kier alpha value is -0.810. The number of amides is 1. The molecule has 0 aromatic heterocycles. The van der Waals surface area contributed by atoms with Crippen molar-refractivity contribution in [2.45, 2.75) is 109 Å². The van der Waals surface area contributed by atoms with Crippen LogP contribution in [0.4, 0.5) is 4.79 Å². The molecule has 3 unspecified atom stereocenters. The van der Waals surface area contributed by atoms with E-state index in [1.54, 1.807) is 0 Å². The normalized spacial score (nSPS) is 32.7. The lowest BCUT2D eigenvalue weighted by molar-refractivity contribution is -0.0705. The van der Waals surface area contributed by atoms with Gasteiger partial charge in [-0.05, 0) is 74.1 Å². The molecule has 2 fully saturated rings. The minimum absolute atomic E-state index is 0.103. The van der Waals surface area contributed by atoms with Crippen molar-refractivity contribution in [3.63, 3.8) is 0 Å². The highest BCUT2D eigenvalue weighted by Crippen LogP contribution is 2.38. The number of carbonyl (C=O) groups is 1. The summed E-state index contributed by atoms with van der Waals surface area (Å²) < 4.78 is 11.6. The van der Waals surface area contributed by atoms with Crippen LogP contribution < -0.4 is 10.6 Å². The van der Waals surface area contributed by atoms with Gasteiger partial charge in [-0.2, -0.15) is 0 Å². The molecule has 5 nitrogen and oxygen atoms in total. The van der Waals surface area contributed by atoms with Crippen molar-refractivity contribution in [1.29, 1.82) is 0 Å². The number of carbonyl (C=O) groups excluding carboxylic acids is 1. The smallest absolute Gasteiger partial charge is 0.407 e. The van der Waals surface area contributed by atoms with Gasteiger partial charge in [0.05, 0.1) is 11.2 Å². The Balaban J connectivity index is 1.93. The summed E-state index contributed by atoms with van der Waals surface area (Å²) >= 11 is 0. The molecule has 1 saturated heterocycles. The molecular weight excluding hydrogens is 292 g/mol. The van der Waals surface area contributed by atoms with E-state index in [4.69, 9.17) is 9.47 Å². The van der Waals surface area contributed by atoms with Gasteiger partial charge in [0.2, 0.25) is 0 Å². The highest BCUT2D eigenvalue weighted by molar-refractivity contribution is 5.68. The minimum atomic E-state index is -0.461. The van der Waals surface area contributed by atoms with E-state index in [1.807, 2.05) is 20.8 Å². The molecule has 1 aliphatic carbocycles. The van der Waals surface area contributed by atoms with Crippen LogP contribution in [0.2, 0.25) is 0 Å². The van der Waals surface area contributed by atoms with E-state index in [0.717, 1.165) is 25.7 Å². The molecule has 1 saturated carbocycles. The van der Waals surface area contributed by atoms with Gasteiger partial charge in [0.25, 0.3) is 0 Å². The van der Waals surface area contributed by atoms with Gasteiger partial charge in [0.15, 0.2) is 0 Å². The molecule has 134 valence electrons. The van der Waals surface area contributed by atoms with Crippen molar-refractivity contribution >= 4 is 6.09 Å². The molecule has 3 atom stereocenters. The number of alkyl carbamates (subject to hydrolysis) is 1. The molecule has 0 aromatic rings. The Labute approximate surface area is 140 Å². The standard InChI is InChI=1S/C18H34N2O3/c1-16(2,3)22-15(21)20-13-10-8-9-12(13)19-14-11-17(4,5)23-18(14,6)7/h12-14,19H,8-11H2,1-7H3,(H,20,21). The Morgan fingerprint density at radius 3 is 2.26 bits per heavy atom. The van der Waals surface area contributed by atoms with Crippen LogP contribution in [0.25, 0.3) is 0 Å². The first-order chi connectivity index (χ1) is 10.4. The van der Waals surface area contributed by atoms with E-state index in [1.165, 1.54) is 0 Å². The monoisotopic (exact) mass is 326 g/mol. The predicted molar refractivity (Wildman–Crippen MR) is 91.6 cm³/mol. The summed E-state index contributed by atoms with van der Waals surface area (Å²) in [6, 6.07) is 0.706. The zero-order valence-electron chi connectivity index (χ0n) is 15.8. The number of nitrogens with one attached hydrogen (secondary N) is 2. The third kappa shape index (κ3) is 5.08. The maximum absolute atomic E-state index is 12.0. The predicted octanol–water partition coefficient (Wildman–Crippen LogP) is 3.37. The summed E-state index contributed by atoms with van der Waals surface area (Å²) in [6.07, 6.45) is 3.85. The third-order valence-electron chi connectivity index (χ3n) is 4.71. The average Bonchev–Trinajstić information content (AvgIpc) is 2.78. The van der Waals surface area contributed by atoms with Crippen molar-refractivity contribution in [2.75, 3.05) is 0 Å². The van der Waals surface area contributed by atoms with Crippen molar-refractivity contribution in [3.05, 3.63) is 0 Å². The van der Waals surface area contributed by atoms with Crippen LogP contribution in [0.3, 0.4) is 0 Å². The zero-order valence-corrected chi connectivity index (χ0v) is 15.8. The summed E-state index contributed by atoms with van der Waals surface area (Å²) in [5, 5.41) is 6.79. The number of hydrogen-bond donors (Lipinski definition) is 2. The van der Waals surface area contributed by atoms with Gasteiger partial charge in [-0.3, -0.25) is 0 Å². The van der Waals surface area contributed by atoms with Crippen molar-refractivity contribution < 1.29 is 14.3 Å². The second-order valence-corrected chi connectivity index (χ2v) is 9.18. The van der Waals surface area contributed by atoms with Crippen molar-refractivity contribution in [1.82, 2.24) is 10.6 Å². The second kappa shape index (κ2) is 6.25. The largest absolute Gasteiger partial charge is 0.444 e. The Morgan fingerprint density at radius 1 is 1.13 bits per heavy atom. The van der Waals surface area contributed by atoms with E-state index in [-0.39, 0.29) is 29.4 Å². The number of ether oxygens (including phenoxy) is 2. The summed E-state index contributed by atoms with van der Waals surface area (Å²) in [7, 11) is 0. The molecule has 0 bridgehead atoms. The summed E-state index contributed by atoms with van der Waals surface area (Å²) in [4.78, 5) is 12.0. The summed E-state index contributed by atoms with van der Waals surface area (Å²) in [5.41, 5.74) is -0.757. The van der Waals surface area contributed by atoms with Crippen LogP contribution in [-0.4, -0.2) is 41.0 Å². The van der Waals surface area contributed by atoms with E-state index in [9.17, 15) is 4.79 Å². The fourth-order valence-electron chi connectivity index (χ4n) is 3.87. The minimum Gasteiger partial charge on any atom is -0.444 e. The topological polar surface area (TPSA) is 59.6 Å². The quantitative estimate of drug-likeness (QED) is 0.835. The zero-order chi connectivity index (χ0) is 17.5. The van der Waals surface area contributed by atoms with Crippen molar-refractivity contribution in [2.24, 2.45) is 0 Å². The Kier molecular flexibility index (Phi) is 5.03. The molecule has 5 heteroatoms. The fourth-order valence-corrected chi connectivity index (χ4v) is 3.87. The molecular formula is C18H34N2O3. The molecule has 1 aliphatic heterocycles. The lowest BCUT2D eigenvalue weighted by Crippen LogP contribution is -2.54. The maximum Gasteiger partial charge on any atom is 0.407 e. The second-order valence-electron chi connectivity index (χ2n) is 9.18. The van der Waals surface area contributed by atoms with Crippen molar-refractivity contribution in [3.8, 4) is 0 Å². The van der Waals surface area contributed by atoms with Crippen LogP contribution in [0.5, 0.6) is 0 Å². The average molecular weight is 326 g/mol. The Morgan fingerprint density at radius 2 is 1.74 bits per heavy atom. The van der Waals surface area contributed by atoms with E-state index in [0.29, 0.717) is 6.04 Å². The molecule has 23 heavy (non-hydrogen) atoms. The van der Waals surface area contributed by atoms with Crippen LogP contribution in [0.15, 0.2) is 0 Å².